The zero-order valence-electron chi connectivity index (χ0n) is 14.7. The Morgan fingerprint density at radius 1 is 1.27 bits per heavy atom. The smallest absolute Gasteiger partial charge is 0.421 e. The van der Waals surface area contributed by atoms with E-state index in [0.29, 0.717) is 5.82 Å². The number of carbonyl (C=O) groups is 1. The topological polar surface area (TPSA) is 74.7 Å². The maximum Gasteiger partial charge on any atom is 0.421 e. The third-order valence-electron chi connectivity index (χ3n) is 4.17. The van der Waals surface area contributed by atoms with Gasteiger partial charge in [-0.25, -0.2) is 0 Å². The average Bonchev–Trinajstić information content (AvgIpc) is 3.07. The molecular weight excluding hydrogens is 351 g/mol. The number of piperazine rings is 1. The second-order valence-corrected chi connectivity index (χ2v) is 6.30. The maximum atomic E-state index is 13.2. The monoisotopic (exact) mass is 375 g/mol. The molecule has 26 heavy (non-hydrogen) atoms. The second-order valence-electron chi connectivity index (χ2n) is 6.30. The van der Waals surface area contributed by atoms with Crippen LogP contribution in [0.15, 0.2) is 12.1 Å². The summed E-state index contributed by atoms with van der Waals surface area (Å²) in [7, 11) is 0. The van der Waals surface area contributed by atoms with Crippen molar-refractivity contribution in [3.05, 3.63) is 17.7 Å². The zero-order valence-corrected chi connectivity index (χ0v) is 14.7. The van der Waals surface area contributed by atoms with Crippen molar-refractivity contribution >= 4 is 11.8 Å². The van der Waals surface area contributed by atoms with Gasteiger partial charge in [-0.15, -0.1) is 0 Å². The number of nitrogens with one attached hydrogen (secondary N) is 1. The predicted octanol–water partition coefficient (Wildman–Crippen LogP) is 2.92. The van der Waals surface area contributed by atoms with E-state index >= 15 is 0 Å². The minimum Gasteiger partial charge on any atom is -0.481 e. The molecule has 1 saturated carbocycles. The Morgan fingerprint density at radius 3 is 2.38 bits per heavy atom. The van der Waals surface area contributed by atoms with Gasteiger partial charge in [-0.2, -0.15) is 18.2 Å². The van der Waals surface area contributed by atoms with E-state index in [0.717, 1.165) is 64.9 Å². The van der Waals surface area contributed by atoms with Gasteiger partial charge in [0.15, 0.2) is 0 Å². The first-order valence-corrected chi connectivity index (χ1v) is 8.67. The molecular formula is C17H24F3N3O3. The highest BCUT2D eigenvalue weighted by molar-refractivity contribution is 5.62. The highest BCUT2D eigenvalue weighted by Crippen LogP contribution is 2.38. The first-order chi connectivity index (χ1) is 12.3. The van der Waals surface area contributed by atoms with Gasteiger partial charge in [-0.3, -0.25) is 4.79 Å². The van der Waals surface area contributed by atoms with Crippen molar-refractivity contribution in [2.24, 2.45) is 0 Å². The molecule has 2 heterocycles. The Morgan fingerprint density at radius 2 is 1.85 bits per heavy atom. The lowest BCUT2D eigenvalue weighted by Crippen LogP contribution is -2.44. The number of carboxylic acid groups (broad SMARTS) is 1. The van der Waals surface area contributed by atoms with Gasteiger partial charge in [0.05, 0.1) is 0 Å². The van der Waals surface area contributed by atoms with Gasteiger partial charge in [-0.05, 0) is 37.8 Å². The summed E-state index contributed by atoms with van der Waals surface area (Å²) in [6, 6.07) is 2.53. The first-order valence-electron chi connectivity index (χ1n) is 8.67. The number of hydrogen-bond acceptors (Lipinski definition) is 5. The predicted molar refractivity (Wildman–Crippen MR) is 90.5 cm³/mol. The molecule has 0 unspecified atom stereocenters. The second kappa shape index (κ2) is 9.07. The van der Waals surface area contributed by atoms with Gasteiger partial charge >= 0.3 is 6.18 Å². The van der Waals surface area contributed by atoms with Gasteiger partial charge in [-0.1, -0.05) is 0 Å². The molecule has 0 radical (unpaired) electrons. The molecule has 146 valence electrons. The molecule has 0 atom stereocenters. The molecule has 2 aliphatic rings. The fraction of sp³-hybridized carbons (Fsp3) is 0.647. The van der Waals surface area contributed by atoms with Crippen molar-refractivity contribution in [2.75, 3.05) is 31.1 Å². The molecule has 1 aliphatic carbocycles. The Labute approximate surface area is 150 Å². The summed E-state index contributed by atoms with van der Waals surface area (Å²) in [5.41, 5.74) is -0.779. The Bertz CT molecular complexity index is 595. The Kier molecular flexibility index (Phi) is 7.07. The van der Waals surface area contributed by atoms with E-state index in [4.69, 9.17) is 14.6 Å². The molecule has 2 N–H and O–H groups in total. The van der Waals surface area contributed by atoms with E-state index in [-0.39, 0.29) is 12.0 Å². The van der Waals surface area contributed by atoms with Gasteiger partial charge in [0.2, 0.25) is 5.88 Å². The number of pyridine rings is 1. The van der Waals surface area contributed by atoms with Crippen molar-refractivity contribution in [3.8, 4) is 5.88 Å². The van der Waals surface area contributed by atoms with E-state index in [2.05, 4.69) is 10.3 Å². The minimum absolute atomic E-state index is 0.146. The number of aromatic nitrogens is 1. The molecule has 2 fully saturated rings. The lowest BCUT2D eigenvalue weighted by Gasteiger charge is -2.29. The van der Waals surface area contributed by atoms with Crippen LogP contribution in [0, 0.1) is 0 Å². The van der Waals surface area contributed by atoms with Gasteiger partial charge in [0, 0.05) is 33.1 Å². The number of rotatable bonds is 3. The zero-order chi connectivity index (χ0) is 19.2. The van der Waals surface area contributed by atoms with E-state index in [1.165, 1.54) is 6.07 Å². The molecule has 9 heteroatoms. The Balaban J connectivity index is 0.000000552. The standard InChI is InChI=1S/C15H20F3N3O.C2H4O2/c16-15(17,18)12-5-6-13(21-9-7-19-8-10-21)20-14(12)22-11-3-1-2-4-11;1-2(3)4/h5-6,11,19H,1-4,7-10H2;1H3,(H,3,4). The van der Waals surface area contributed by atoms with Crippen molar-refractivity contribution < 1.29 is 27.8 Å². The van der Waals surface area contributed by atoms with Gasteiger partial charge in [0.25, 0.3) is 5.97 Å². The first kappa shape index (κ1) is 20.3. The van der Waals surface area contributed by atoms with E-state index in [1.54, 1.807) is 0 Å². The average molecular weight is 375 g/mol. The van der Waals surface area contributed by atoms with Crippen LogP contribution in [0.2, 0.25) is 0 Å². The summed E-state index contributed by atoms with van der Waals surface area (Å²) in [6.07, 6.45) is -0.976. The fourth-order valence-corrected chi connectivity index (χ4v) is 2.97. The van der Waals surface area contributed by atoms with Crippen molar-refractivity contribution in [2.45, 2.75) is 44.9 Å². The van der Waals surface area contributed by atoms with Crippen LogP contribution in [-0.4, -0.2) is 48.3 Å². The van der Waals surface area contributed by atoms with Gasteiger partial charge in [0.1, 0.15) is 17.5 Å². The number of ether oxygens (including phenoxy) is 1. The third kappa shape index (κ3) is 6.05. The maximum absolute atomic E-state index is 13.2. The summed E-state index contributed by atoms with van der Waals surface area (Å²) in [6.45, 7) is 4.17. The lowest BCUT2D eigenvalue weighted by atomic mass is 10.2. The summed E-state index contributed by atoms with van der Waals surface area (Å²) in [5.74, 6) is -0.544. The van der Waals surface area contributed by atoms with Crippen LogP contribution < -0.4 is 15.0 Å². The van der Waals surface area contributed by atoms with Crippen molar-refractivity contribution in [1.82, 2.24) is 10.3 Å². The summed E-state index contributed by atoms with van der Waals surface area (Å²) >= 11 is 0. The molecule has 0 bridgehead atoms. The van der Waals surface area contributed by atoms with E-state index in [1.807, 2.05) is 4.90 Å². The van der Waals surface area contributed by atoms with Gasteiger partial charge < -0.3 is 20.1 Å². The van der Waals surface area contributed by atoms with Crippen molar-refractivity contribution in [3.63, 3.8) is 0 Å². The van der Waals surface area contributed by atoms with E-state index in [9.17, 15) is 13.2 Å². The molecule has 1 aliphatic heterocycles. The molecule has 1 saturated heterocycles. The van der Waals surface area contributed by atoms with Crippen LogP contribution >= 0.6 is 0 Å². The molecule has 0 amide bonds. The molecule has 1 aromatic rings. The van der Waals surface area contributed by atoms with E-state index < -0.39 is 17.7 Å². The quantitative estimate of drug-likeness (QED) is 0.846. The molecule has 0 spiro atoms. The third-order valence-corrected chi connectivity index (χ3v) is 4.17. The highest BCUT2D eigenvalue weighted by atomic mass is 19.4. The molecule has 0 aromatic carbocycles. The number of anilines is 1. The number of aliphatic carboxylic acids is 1. The van der Waals surface area contributed by atoms with Crippen LogP contribution in [0.25, 0.3) is 0 Å². The summed E-state index contributed by atoms with van der Waals surface area (Å²) < 4.78 is 45.0. The Hall–Kier alpha value is -2.03. The SMILES string of the molecule is CC(=O)O.FC(F)(F)c1ccc(N2CCNCC2)nc1OC1CCCC1. The fourth-order valence-electron chi connectivity index (χ4n) is 2.97. The number of nitrogens with zero attached hydrogens (tertiary/aromatic N) is 2. The van der Waals surface area contributed by atoms with Crippen LogP contribution in [0.3, 0.4) is 0 Å². The molecule has 3 rings (SSSR count). The number of carboxylic acids is 1. The van der Waals surface area contributed by atoms with Crippen LogP contribution in [0.5, 0.6) is 5.88 Å². The summed E-state index contributed by atoms with van der Waals surface area (Å²) in [4.78, 5) is 15.2. The molecule has 1 aromatic heterocycles. The van der Waals surface area contributed by atoms with Crippen LogP contribution in [0.1, 0.15) is 38.2 Å². The minimum atomic E-state index is -4.44. The lowest BCUT2D eigenvalue weighted by molar-refractivity contribution is -0.139. The van der Waals surface area contributed by atoms with Crippen LogP contribution in [-0.2, 0) is 11.0 Å². The molecule has 6 nitrogen and oxygen atoms in total. The van der Waals surface area contributed by atoms with Crippen molar-refractivity contribution in [1.29, 1.82) is 0 Å². The number of hydrogen-bond donors (Lipinski definition) is 2. The normalized spacial score (nSPS) is 18.2. The number of halogens is 3. The largest absolute Gasteiger partial charge is 0.481 e. The number of alkyl halides is 3. The summed E-state index contributed by atoms with van der Waals surface area (Å²) in [5, 5.41) is 10.6. The van der Waals surface area contributed by atoms with Crippen LogP contribution in [0.4, 0.5) is 19.0 Å². The highest BCUT2D eigenvalue weighted by Gasteiger charge is 2.36.